The SMILES string of the molecule is COc1ccc(C(=O)NCC2CCN(Cc3cc(C)oc3C)CC2)cc1. The summed E-state index contributed by atoms with van der Waals surface area (Å²) in [7, 11) is 1.62. The van der Waals surface area contributed by atoms with Crippen LogP contribution < -0.4 is 10.1 Å². The van der Waals surface area contributed by atoms with Crippen molar-refractivity contribution in [3.05, 3.63) is 53.0 Å². The van der Waals surface area contributed by atoms with Crippen molar-refractivity contribution in [2.75, 3.05) is 26.7 Å². The molecule has 0 aliphatic carbocycles. The summed E-state index contributed by atoms with van der Waals surface area (Å²) >= 11 is 0. The van der Waals surface area contributed by atoms with E-state index in [2.05, 4.69) is 16.3 Å². The van der Waals surface area contributed by atoms with Gasteiger partial charge in [0.1, 0.15) is 17.3 Å². The number of amides is 1. The van der Waals surface area contributed by atoms with Crippen LogP contribution in [-0.2, 0) is 6.54 Å². The maximum absolute atomic E-state index is 12.3. The molecule has 0 saturated carbocycles. The molecular weight excluding hydrogens is 328 g/mol. The maximum Gasteiger partial charge on any atom is 0.251 e. The number of piperidine rings is 1. The topological polar surface area (TPSA) is 54.7 Å². The van der Waals surface area contributed by atoms with Crippen LogP contribution in [0.5, 0.6) is 5.75 Å². The highest BCUT2D eigenvalue weighted by molar-refractivity contribution is 5.94. The fourth-order valence-electron chi connectivity index (χ4n) is 3.51. The molecule has 5 heteroatoms. The number of hydrogen-bond acceptors (Lipinski definition) is 4. The van der Waals surface area contributed by atoms with Gasteiger partial charge in [0.05, 0.1) is 7.11 Å². The molecule has 3 rings (SSSR count). The summed E-state index contributed by atoms with van der Waals surface area (Å²) in [6.07, 6.45) is 2.22. The number of hydrogen-bond donors (Lipinski definition) is 1. The van der Waals surface area contributed by atoms with Crippen molar-refractivity contribution in [2.45, 2.75) is 33.2 Å². The summed E-state index contributed by atoms with van der Waals surface area (Å²) in [4.78, 5) is 14.7. The first-order valence-corrected chi connectivity index (χ1v) is 9.25. The summed E-state index contributed by atoms with van der Waals surface area (Å²) in [6, 6.07) is 9.36. The Morgan fingerprint density at radius 2 is 1.92 bits per heavy atom. The van der Waals surface area contributed by atoms with Crippen molar-refractivity contribution in [3.63, 3.8) is 0 Å². The van der Waals surface area contributed by atoms with E-state index in [0.717, 1.165) is 56.3 Å². The van der Waals surface area contributed by atoms with Gasteiger partial charge in [0.2, 0.25) is 0 Å². The van der Waals surface area contributed by atoms with Crippen molar-refractivity contribution < 1.29 is 13.9 Å². The van der Waals surface area contributed by atoms with E-state index in [-0.39, 0.29) is 5.91 Å². The Bertz CT molecular complexity index is 728. The molecule has 0 unspecified atom stereocenters. The number of carbonyl (C=O) groups is 1. The van der Waals surface area contributed by atoms with Crippen LogP contribution in [0.25, 0.3) is 0 Å². The zero-order chi connectivity index (χ0) is 18.5. The van der Waals surface area contributed by atoms with Gasteiger partial charge in [-0.2, -0.15) is 0 Å². The minimum absolute atomic E-state index is 0.0143. The van der Waals surface area contributed by atoms with E-state index in [1.54, 1.807) is 19.2 Å². The average molecular weight is 356 g/mol. The molecule has 1 aliphatic heterocycles. The lowest BCUT2D eigenvalue weighted by molar-refractivity contribution is 0.0935. The molecule has 1 fully saturated rings. The summed E-state index contributed by atoms with van der Waals surface area (Å²) in [5, 5.41) is 3.07. The molecule has 1 aromatic heterocycles. The average Bonchev–Trinajstić information content (AvgIpc) is 2.98. The molecule has 1 aromatic carbocycles. The Kier molecular flexibility index (Phi) is 5.99. The minimum Gasteiger partial charge on any atom is -0.497 e. The third-order valence-corrected chi connectivity index (χ3v) is 5.15. The molecule has 1 saturated heterocycles. The largest absolute Gasteiger partial charge is 0.497 e. The molecule has 26 heavy (non-hydrogen) atoms. The Hall–Kier alpha value is -2.27. The first kappa shape index (κ1) is 18.5. The maximum atomic E-state index is 12.3. The molecular formula is C21H28N2O3. The van der Waals surface area contributed by atoms with Crippen molar-refractivity contribution in [3.8, 4) is 5.75 Å². The van der Waals surface area contributed by atoms with Crippen LogP contribution in [0.2, 0.25) is 0 Å². The first-order valence-electron chi connectivity index (χ1n) is 9.25. The van der Waals surface area contributed by atoms with Gasteiger partial charge in [-0.15, -0.1) is 0 Å². The van der Waals surface area contributed by atoms with Crippen molar-refractivity contribution in [1.29, 1.82) is 0 Å². The smallest absolute Gasteiger partial charge is 0.251 e. The van der Waals surface area contributed by atoms with E-state index in [0.29, 0.717) is 11.5 Å². The third kappa shape index (κ3) is 4.67. The molecule has 1 amide bonds. The van der Waals surface area contributed by atoms with Gasteiger partial charge < -0.3 is 14.5 Å². The summed E-state index contributed by atoms with van der Waals surface area (Å²) in [6.45, 7) is 7.84. The standard InChI is InChI=1S/C21H28N2O3/c1-15-12-19(16(2)26-15)14-23-10-8-17(9-11-23)13-22-21(24)18-4-6-20(25-3)7-5-18/h4-7,12,17H,8-11,13-14H2,1-3H3,(H,22,24). The van der Waals surface area contributed by atoms with E-state index in [1.165, 1.54) is 5.56 Å². The second-order valence-electron chi connectivity index (χ2n) is 7.10. The van der Waals surface area contributed by atoms with Crippen LogP contribution in [0.15, 0.2) is 34.7 Å². The zero-order valence-electron chi connectivity index (χ0n) is 15.9. The number of likely N-dealkylation sites (tertiary alicyclic amines) is 1. The molecule has 2 aromatic rings. The molecule has 5 nitrogen and oxygen atoms in total. The molecule has 1 aliphatic rings. The minimum atomic E-state index is -0.0143. The van der Waals surface area contributed by atoms with Crippen LogP contribution in [0.4, 0.5) is 0 Å². The molecule has 0 bridgehead atoms. The lowest BCUT2D eigenvalue weighted by Crippen LogP contribution is -2.38. The van der Waals surface area contributed by atoms with Crippen LogP contribution in [0, 0.1) is 19.8 Å². The number of rotatable bonds is 6. The Labute approximate surface area is 155 Å². The van der Waals surface area contributed by atoms with Gasteiger partial charge in [-0.25, -0.2) is 0 Å². The highest BCUT2D eigenvalue weighted by atomic mass is 16.5. The van der Waals surface area contributed by atoms with Gasteiger partial charge in [0.15, 0.2) is 0 Å². The monoisotopic (exact) mass is 356 g/mol. The zero-order valence-corrected chi connectivity index (χ0v) is 15.9. The number of furan rings is 1. The predicted molar refractivity (Wildman–Crippen MR) is 102 cm³/mol. The van der Waals surface area contributed by atoms with Crippen molar-refractivity contribution >= 4 is 5.91 Å². The number of ether oxygens (including phenoxy) is 1. The van der Waals surface area contributed by atoms with Gasteiger partial charge in [-0.3, -0.25) is 9.69 Å². The van der Waals surface area contributed by atoms with Crippen LogP contribution in [0.3, 0.4) is 0 Å². The molecule has 0 spiro atoms. The number of methoxy groups -OCH3 is 1. The van der Waals surface area contributed by atoms with E-state index >= 15 is 0 Å². The van der Waals surface area contributed by atoms with Gasteiger partial charge in [-0.05, 0) is 76.0 Å². The van der Waals surface area contributed by atoms with E-state index in [1.807, 2.05) is 26.0 Å². The summed E-state index contributed by atoms with van der Waals surface area (Å²) in [5.41, 5.74) is 1.96. The van der Waals surface area contributed by atoms with E-state index in [9.17, 15) is 4.79 Å². The fraction of sp³-hybridized carbons (Fsp3) is 0.476. The van der Waals surface area contributed by atoms with Gasteiger partial charge >= 0.3 is 0 Å². The fourth-order valence-corrected chi connectivity index (χ4v) is 3.51. The van der Waals surface area contributed by atoms with E-state index in [4.69, 9.17) is 9.15 Å². The van der Waals surface area contributed by atoms with Crippen LogP contribution >= 0.6 is 0 Å². The van der Waals surface area contributed by atoms with E-state index < -0.39 is 0 Å². The number of nitrogens with one attached hydrogen (secondary N) is 1. The highest BCUT2D eigenvalue weighted by Crippen LogP contribution is 2.21. The second kappa shape index (κ2) is 8.41. The molecule has 0 radical (unpaired) electrons. The molecule has 1 N–H and O–H groups in total. The Balaban J connectivity index is 1.42. The van der Waals surface area contributed by atoms with Crippen molar-refractivity contribution in [2.24, 2.45) is 5.92 Å². The lowest BCUT2D eigenvalue weighted by atomic mass is 9.96. The number of benzene rings is 1. The quantitative estimate of drug-likeness (QED) is 0.860. The Morgan fingerprint density at radius 3 is 2.50 bits per heavy atom. The van der Waals surface area contributed by atoms with Crippen LogP contribution in [0.1, 0.15) is 40.3 Å². The van der Waals surface area contributed by atoms with Gasteiger partial charge in [0, 0.05) is 24.2 Å². The van der Waals surface area contributed by atoms with Gasteiger partial charge in [-0.1, -0.05) is 0 Å². The molecule has 140 valence electrons. The normalized spacial score (nSPS) is 15.8. The number of nitrogens with zero attached hydrogens (tertiary/aromatic N) is 1. The molecule has 2 heterocycles. The predicted octanol–water partition coefficient (Wildman–Crippen LogP) is 3.55. The number of carbonyl (C=O) groups excluding carboxylic acids is 1. The lowest BCUT2D eigenvalue weighted by Gasteiger charge is -2.31. The van der Waals surface area contributed by atoms with Crippen LogP contribution in [-0.4, -0.2) is 37.6 Å². The third-order valence-electron chi connectivity index (χ3n) is 5.15. The highest BCUT2D eigenvalue weighted by Gasteiger charge is 2.21. The van der Waals surface area contributed by atoms with Crippen molar-refractivity contribution in [1.82, 2.24) is 10.2 Å². The molecule has 0 atom stereocenters. The summed E-state index contributed by atoms with van der Waals surface area (Å²) in [5.74, 6) is 3.29. The summed E-state index contributed by atoms with van der Waals surface area (Å²) < 4.78 is 10.7. The Morgan fingerprint density at radius 1 is 1.23 bits per heavy atom. The van der Waals surface area contributed by atoms with Gasteiger partial charge in [0.25, 0.3) is 5.91 Å². The first-order chi connectivity index (χ1) is 12.5. The second-order valence-corrected chi connectivity index (χ2v) is 7.10. The number of aryl methyl sites for hydroxylation is 2.